The first-order valence-corrected chi connectivity index (χ1v) is 6.46. The summed E-state index contributed by atoms with van der Waals surface area (Å²) in [6.45, 7) is 0.653. The van der Waals surface area contributed by atoms with Gasteiger partial charge in [0.25, 0.3) is 0 Å². The Morgan fingerprint density at radius 2 is 2.17 bits per heavy atom. The van der Waals surface area contributed by atoms with E-state index in [0.717, 1.165) is 6.42 Å². The maximum Gasteiger partial charge on any atom is 0.234 e. The number of carbonyl (C=O) groups is 1. The molecule has 1 heterocycles. The van der Waals surface area contributed by atoms with E-state index in [1.165, 1.54) is 6.07 Å². The molecule has 1 aromatic carbocycles. The maximum atomic E-state index is 11.2. The number of benzene rings is 1. The number of amides is 1. The Bertz CT molecular complexity index is 479. The van der Waals surface area contributed by atoms with Gasteiger partial charge in [0.2, 0.25) is 5.91 Å². The summed E-state index contributed by atoms with van der Waals surface area (Å²) in [6.07, 6.45) is 1.29. The lowest BCUT2D eigenvalue weighted by Crippen LogP contribution is -2.46. The number of carbonyl (C=O) groups excluding carboxylic acids is 1. The molecule has 1 fully saturated rings. The molecule has 0 unspecified atom stereocenters. The number of piperidine rings is 1. The largest absolute Gasteiger partial charge is 0.508 e. The number of aromatic hydroxyl groups is 1. The number of rotatable bonds is 2. The average Bonchev–Trinajstić information content (AvgIpc) is 2.35. The minimum atomic E-state index is -0.391. The molecule has 0 aromatic heterocycles. The van der Waals surface area contributed by atoms with Crippen molar-refractivity contribution in [1.29, 1.82) is 0 Å². The molecule has 0 spiro atoms. The van der Waals surface area contributed by atoms with Crippen molar-refractivity contribution in [2.45, 2.75) is 24.8 Å². The van der Waals surface area contributed by atoms with Gasteiger partial charge in [0, 0.05) is 5.56 Å². The van der Waals surface area contributed by atoms with E-state index in [-0.39, 0.29) is 11.7 Å². The molecule has 2 rings (SSSR count). The van der Waals surface area contributed by atoms with Crippen LogP contribution in [-0.4, -0.2) is 23.6 Å². The number of halogens is 2. The Morgan fingerprint density at radius 1 is 1.44 bits per heavy atom. The van der Waals surface area contributed by atoms with Crippen molar-refractivity contribution in [3.8, 4) is 5.75 Å². The van der Waals surface area contributed by atoms with Crippen LogP contribution in [0.15, 0.2) is 12.1 Å². The van der Waals surface area contributed by atoms with E-state index in [9.17, 15) is 9.90 Å². The number of phenols is 1. The Kier molecular flexibility index (Phi) is 4.00. The van der Waals surface area contributed by atoms with Gasteiger partial charge in [-0.25, -0.2) is 0 Å². The quantitative estimate of drug-likeness (QED) is 0.779. The van der Waals surface area contributed by atoms with Crippen molar-refractivity contribution in [2.75, 3.05) is 6.54 Å². The molecule has 0 saturated carbocycles. The minimum absolute atomic E-state index is 0.0186. The molecule has 4 N–H and O–H groups in total. The van der Waals surface area contributed by atoms with Crippen LogP contribution < -0.4 is 11.1 Å². The average molecular weight is 289 g/mol. The second-order valence-corrected chi connectivity index (χ2v) is 5.21. The van der Waals surface area contributed by atoms with Crippen molar-refractivity contribution in [3.05, 3.63) is 27.7 Å². The van der Waals surface area contributed by atoms with Gasteiger partial charge in [-0.1, -0.05) is 23.2 Å². The van der Waals surface area contributed by atoms with Crippen molar-refractivity contribution < 1.29 is 9.90 Å². The van der Waals surface area contributed by atoms with Gasteiger partial charge in [-0.2, -0.15) is 0 Å². The fraction of sp³-hybridized carbons (Fsp3) is 0.417. The smallest absolute Gasteiger partial charge is 0.234 e. The van der Waals surface area contributed by atoms with Gasteiger partial charge < -0.3 is 16.2 Å². The Hall–Kier alpha value is -0.970. The van der Waals surface area contributed by atoms with Crippen LogP contribution in [0.25, 0.3) is 0 Å². The van der Waals surface area contributed by atoms with Gasteiger partial charge in [0.15, 0.2) is 0 Å². The van der Waals surface area contributed by atoms with E-state index in [1.807, 2.05) is 0 Å². The molecule has 1 amide bonds. The maximum absolute atomic E-state index is 11.2. The lowest BCUT2D eigenvalue weighted by Gasteiger charge is -2.29. The lowest BCUT2D eigenvalue weighted by molar-refractivity contribution is -0.120. The van der Waals surface area contributed by atoms with E-state index < -0.39 is 11.9 Å². The second-order valence-electron chi connectivity index (χ2n) is 4.42. The highest BCUT2D eigenvalue weighted by Gasteiger charge is 2.29. The molecule has 98 valence electrons. The minimum Gasteiger partial charge on any atom is -0.508 e. The molecule has 2 atom stereocenters. The standard InChI is InChI=1S/C12H14Cl2N2O2/c13-7-1-2-9(17)10(11(7)14)6-3-4-16-8(5-6)12(15)18/h1-2,6,8,16-17H,3-5H2,(H2,15,18)/t6-,8+/m0/s1. The molecular weight excluding hydrogens is 275 g/mol. The summed E-state index contributed by atoms with van der Waals surface area (Å²) in [4.78, 5) is 11.2. The van der Waals surface area contributed by atoms with Crippen LogP contribution in [0.5, 0.6) is 5.75 Å². The van der Waals surface area contributed by atoms with Crippen molar-refractivity contribution in [3.63, 3.8) is 0 Å². The molecule has 0 radical (unpaired) electrons. The molecule has 0 aliphatic carbocycles. The third-order valence-electron chi connectivity index (χ3n) is 3.27. The third-order valence-corrected chi connectivity index (χ3v) is 4.08. The molecule has 6 heteroatoms. The fourth-order valence-corrected chi connectivity index (χ4v) is 2.82. The second kappa shape index (κ2) is 5.34. The van der Waals surface area contributed by atoms with Gasteiger partial charge in [-0.15, -0.1) is 0 Å². The van der Waals surface area contributed by atoms with Crippen molar-refractivity contribution >= 4 is 29.1 Å². The predicted octanol–water partition coefficient (Wildman–Crippen LogP) is 2.02. The van der Waals surface area contributed by atoms with Crippen molar-refractivity contribution in [2.24, 2.45) is 5.73 Å². The first-order valence-electron chi connectivity index (χ1n) is 5.70. The topological polar surface area (TPSA) is 75.4 Å². The van der Waals surface area contributed by atoms with E-state index >= 15 is 0 Å². The SMILES string of the molecule is NC(=O)[C@H]1C[C@@H](c2c(O)ccc(Cl)c2Cl)CCN1. The molecule has 4 nitrogen and oxygen atoms in total. The molecule has 18 heavy (non-hydrogen) atoms. The summed E-state index contributed by atoms with van der Waals surface area (Å²) in [5, 5.41) is 13.7. The van der Waals surface area contributed by atoms with Gasteiger partial charge in [0.05, 0.1) is 16.1 Å². The number of primary amides is 1. The van der Waals surface area contributed by atoms with Gasteiger partial charge in [-0.3, -0.25) is 4.79 Å². The highest BCUT2D eigenvalue weighted by Crippen LogP contribution is 2.41. The summed E-state index contributed by atoms with van der Waals surface area (Å²) >= 11 is 12.1. The van der Waals surface area contributed by atoms with Gasteiger partial charge in [-0.05, 0) is 37.4 Å². The number of nitrogens with two attached hydrogens (primary N) is 1. The summed E-state index contributed by atoms with van der Waals surface area (Å²) in [5.41, 5.74) is 5.90. The highest BCUT2D eigenvalue weighted by atomic mass is 35.5. The highest BCUT2D eigenvalue weighted by molar-refractivity contribution is 6.42. The zero-order chi connectivity index (χ0) is 13.3. The first-order chi connectivity index (χ1) is 8.50. The monoisotopic (exact) mass is 288 g/mol. The van der Waals surface area contributed by atoms with Crippen LogP contribution in [0.3, 0.4) is 0 Å². The molecular formula is C12H14Cl2N2O2. The molecule has 1 saturated heterocycles. The van der Waals surface area contributed by atoms with Crippen LogP contribution in [0.1, 0.15) is 24.3 Å². The van der Waals surface area contributed by atoms with Crippen LogP contribution in [0, 0.1) is 0 Å². The summed E-state index contributed by atoms with van der Waals surface area (Å²) in [6, 6.07) is 2.68. The van der Waals surface area contributed by atoms with Crippen LogP contribution >= 0.6 is 23.2 Å². The number of nitrogens with one attached hydrogen (secondary N) is 1. The summed E-state index contributed by atoms with van der Waals surface area (Å²) in [7, 11) is 0. The third kappa shape index (κ3) is 2.55. The van der Waals surface area contributed by atoms with Gasteiger partial charge in [0.1, 0.15) is 5.75 Å². The van der Waals surface area contributed by atoms with Crippen LogP contribution in [0.2, 0.25) is 10.0 Å². The summed E-state index contributed by atoms with van der Waals surface area (Å²) in [5.74, 6) is -0.299. The molecule has 1 aliphatic heterocycles. The molecule has 1 aromatic rings. The number of hydrogen-bond donors (Lipinski definition) is 3. The number of hydrogen-bond acceptors (Lipinski definition) is 3. The van der Waals surface area contributed by atoms with Crippen LogP contribution in [-0.2, 0) is 4.79 Å². The van der Waals surface area contributed by atoms with E-state index in [0.29, 0.717) is 28.6 Å². The zero-order valence-electron chi connectivity index (χ0n) is 9.62. The lowest BCUT2D eigenvalue weighted by atomic mass is 9.85. The summed E-state index contributed by atoms with van der Waals surface area (Å²) < 4.78 is 0. The Morgan fingerprint density at radius 3 is 2.83 bits per heavy atom. The van der Waals surface area contributed by atoms with E-state index in [2.05, 4.69) is 5.32 Å². The van der Waals surface area contributed by atoms with Crippen LogP contribution in [0.4, 0.5) is 0 Å². The first kappa shape index (κ1) is 13.5. The fourth-order valence-electron chi connectivity index (χ4n) is 2.34. The zero-order valence-corrected chi connectivity index (χ0v) is 11.1. The number of phenolic OH excluding ortho intramolecular Hbond substituents is 1. The Labute approximate surface area is 115 Å². The van der Waals surface area contributed by atoms with E-state index in [1.54, 1.807) is 6.07 Å². The predicted molar refractivity (Wildman–Crippen MR) is 71.1 cm³/mol. The van der Waals surface area contributed by atoms with Crippen molar-refractivity contribution in [1.82, 2.24) is 5.32 Å². The normalized spacial score (nSPS) is 23.9. The van der Waals surface area contributed by atoms with E-state index in [4.69, 9.17) is 28.9 Å². The van der Waals surface area contributed by atoms with Gasteiger partial charge >= 0.3 is 0 Å². The Balaban J connectivity index is 2.31. The molecule has 1 aliphatic rings. The molecule has 0 bridgehead atoms.